The summed E-state index contributed by atoms with van der Waals surface area (Å²) in [7, 11) is 3.85. The lowest BCUT2D eigenvalue weighted by molar-refractivity contribution is -0.419. The molecular formula is C12H21N3O3. The van der Waals surface area contributed by atoms with Gasteiger partial charge in [-0.1, -0.05) is 13.0 Å². The molecule has 0 bridgehead atoms. The van der Waals surface area contributed by atoms with E-state index in [4.69, 9.17) is 10.5 Å². The minimum atomic E-state index is -0.547. The highest BCUT2D eigenvalue weighted by Gasteiger charge is 2.07. The quantitative estimate of drug-likeness (QED) is 0.307. The molecule has 0 aromatic rings. The fourth-order valence-electron chi connectivity index (χ4n) is 1.03. The van der Waals surface area contributed by atoms with Crippen molar-refractivity contribution in [1.29, 1.82) is 0 Å². The molecule has 0 spiro atoms. The van der Waals surface area contributed by atoms with Crippen LogP contribution in [0.2, 0.25) is 0 Å². The monoisotopic (exact) mass is 255 g/mol. The van der Waals surface area contributed by atoms with Crippen LogP contribution in [0.5, 0.6) is 0 Å². The molecule has 0 unspecified atom stereocenters. The number of allylic oxidation sites excluding steroid dienone is 3. The van der Waals surface area contributed by atoms with E-state index in [2.05, 4.69) is 0 Å². The van der Waals surface area contributed by atoms with Gasteiger partial charge in [-0.15, -0.1) is 0 Å². The number of nitrogens with two attached hydrogens (primary N) is 1. The molecule has 0 heterocycles. The summed E-state index contributed by atoms with van der Waals surface area (Å²) in [5.74, 6) is 0.437. The van der Waals surface area contributed by atoms with Gasteiger partial charge in [-0.2, -0.15) is 0 Å². The van der Waals surface area contributed by atoms with Crippen molar-refractivity contribution < 1.29 is 9.66 Å². The predicted molar refractivity (Wildman–Crippen MR) is 71.3 cm³/mol. The Bertz CT molecular complexity index is 346. The van der Waals surface area contributed by atoms with Gasteiger partial charge in [0.05, 0.1) is 17.2 Å². The van der Waals surface area contributed by atoms with Crippen LogP contribution in [0.3, 0.4) is 0 Å². The fraction of sp³-hybridized carbons (Fsp3) is 0.500. The molecule has 0 saturated carbocycles. The average molecular weight is 255 g/mol. The molecule has 0 atom stereocenters. The number of hydrogen-bond donors (Lipinski definition) is 1. The van der Waals surface area contributed by atoms with Gasteiger partial charge in [0.2, 0.25) is 0 Å². The van der Waals surface area contributed by atoms with Crippen molar-refractivity contribution in [2.24, 2.45) is 5.73 Å². The lowest BCUT2D eigenvalue weighted by Gasteiger charge is -2.11. The summed E-state index contributed by atoms with van der Waals surface area (Å²) in [5.41, 5.74) is 5.01. The van der Waals surface area contributed by atoms with E-state index in [0.717, 1.165) is 19.2 Å². The summed E-state index contributed by atoms with van der Waals surface area (Å²) in [6.07, 6.45) is 6.68. The van der Waals surface area contributed by atoms with Gasteiger partial charge in [-0.3, -0.25) is 10.1 Å². The standard InChI is InChI=1S/C12H21N3O3/c1-4-5-6-12(18-8-7-14(2)3)9-11(10-13)15(16)17/h5-6,9-10H,4,7-8,13H2,1-3H3/b6-5-,11-10-,12-9+. The minimum absolute atomic E-state index is 0.185. The van der Waals surface area contributed by atoms with Gasteiger partial charge in [0, 0.05) is 6.54 Å². The summed E-state index contributed by atoms with van der Waals surface area (Å²) in [5, 5.41) is 10.6. The van der Waals surface area contributed by atoms with Gasteiger partial charge in [0.25, 0.3) is 5.70 Å². The average Bonchev–Trinajstić information content (AvgIpc) is 2.30. The molecule has 0 aromatic heterocycles. The summed E-state index contributed by atoms with van der Waals surface area (Å²) >= 11 is 0. The second kappa shape index (κ2) is 9.23. The van der Waals surface area contributed by atoms with Crippen molar-refractivity contribution in [2.45, 2.75) is 13.3 Å². The van der Waals surface area contributed by atoms with E-state index in [0.29, 0.717) is 12.4 Å². The topological polar surface area (TPSA) is 81.6 Å². The third-order valence-corrected chi connectivity index (χ3v) is 2.00. The molecule has 0 aliphatic carbocycles. The van der Waals surface area contributed by atoms with E-state index in [-0.39, 0.29) is 5.70 Å². The Labute approximate surface area is 108 Å². The Hall–Kier alpha value is -1.82. The number of likely N-dealkylation sites (N-methyl/N-ethyl adjacent to an activating group) is 1. The van der Waals surface area contributed by atoms with E-state index in [1.807, 2.05) is 32.0 Å². The molecule has 0 fully saturated rings. The second-order valence-electron chi connectivity index (χ2n) is 3.86. The van der Waals surface area contributed by atoms with Gasteiger partial charge < -0.3 is 15.4 Å². The van der Waals surface area contributed by atoms with Crippen molar-refractivity contribution in [3.8, 4) is 0 Å². The maximum Gasteiger partial charge on any atom is 0.288 e. The van der Waals surface area contributed by atoms with Gasteiger partial charge >= 0.3 is 0 Å². The summed E-state index contributed by atoms with van der Waals surface area (Å²) < 4.78 is 5.47. The molecule has 0 amide bonds. The van der Waals surface area contributed by atoms with Crippen LogP contribution in [0.25, 0.3) is 0 Å². The predicted octanol–water partition coefficient (Wildman–Crippen LogP) is 1.49. The van der Waals surface area contributed by atoms with E-state index in [9.17, 15) is 10.1 Å². The number of rotatable bonds is 8. The van der Waals surface area contributed by atoms with Crippen molar-refractivity contribution >= 4 is 0 Å². The molecule has 18 heavy (non-hydrogen) atoms. The maximum absolute atomic E-state index is 10.6. The molecule has 6 nitrogen and oxygen atoms in total. The Morgan fingerprint density at radius 1 is 1.50 bits per heavy atom. The van der Waals surface area contributed by atoms with Crippen LogP contribution in [0.15, 0.2) is 35.9 Å². The highest BCUT2D eigenvalue weighted by Crippen LogP contribution is 2.07. The van der Waals surface area contributed by atoms with Crippen LogP contribution in [0.1, 0.15) is 13.3 Å². The first-order valence-corrected chi connectivity index (χ1v) is 5.73. The van der Waals surface area contributed by atoms with Gasteiger partial charge in [0.1, 0.15) is 12.4 Å². The SMILES string of the molecule is CC\C=C/C(=C\C(=C\N)[N+](=O)[O-])OCCN(C)C. The van der Waals surface area contributed by atoms with Gasteiger partial charge in [0.15, 0.2) is 0 Å². The van der Waals surface area contributed by atoms with Gasteiger partial charge in [-0.25, -0.2) is 0 Å². The molecule has 6 heteroatoms. The van der Waals surface area contributed by atoms with Crippen LogP contribution >= 0.6 is 0 Å². The minimum Gasteiger partial charge on any atom is -0.492 e. The summed E-state index contributed by atoms with van der Waals surface area (Å²) in [6, 6.07) is 0. The normalized spacial score (nSPS) is 13.3. The van der Waals surface area contributed by atoms with Crippen molar-refractivity contribution in [1.82, 2.24) is 4.90 Å². The molecule has 0 radical (unpaired) electrons. The van der Waals surface area contributed by atoms with Crippen LogP contribution in [0, 0.1) is 10.1 Å². The highest BCUT2D eigenvalue weighted by atomic mass is 16.6. The number of nitrogens with zero attached hydrogens (tertiary/aromatic N) is 2. The summed E-state index contributed by atoms with van der Waals surface area (Å²) in [4.78, 5) is 12.1. The molecular weight excluding hydrogens is 234 g/mol. The Morgan fingerprint density at radius 3 is 2.61 bits per heavy atom. The van der Waals surface area contributed by atoms with E-state index in [1.165, 1.54) is 6.08 Å². The molecule has 0 saturated heterocycles. The van der Waals surface area contributed by atoms with Crippen LogP contribution in [0.4, 0.5) is 0 Å². The highest BCUT2D eigenvalue weighted by molar-refractivity contribution is 5.21. The van der Waals surface area contributed by atoms with Crippen LogP contribution in [-0.4, -0.2) is 37.1 Å². The van der Waals surface area contributed by atoms with Crippen molar-refractivity contribution in [3.63, 3.8) is 0 Å². The Kier molecular flexibility index (Phi) is 8.30. The zero-order chi connectivity index (χ0) is 14.0. The molecule has 0 aliphatic rings. The number of ether oxygens (including phenoxy) is 1. The van der Waals surface area contributed by atoms with E-state index < -0.39 is 4.92 Å². The third kappa shape index (κ3) is 7.45. The van der Waals surface area contributed by atoms with E-state index >= 15 is 0 Å². The smallest absolute Gasteiger partial charge is 0.288 e. The fourth-order valence-corrected chi connectivity index (χ4v) is 1.03. The maximum atomic E-state index is 10.6. The molecule has 0 aliphatic heterocycles. The number of nitro groups is 1. The van der Waals surface area contributed by atoms with Crippen LogP contribution < -0.4 is 5.73 Å². The zero-order valence-electron chi connectivity index (χ0n) is 11.1. The zero-order valence-corrected chi connectivity index (χ0v) is 11.1. The third-order valence-electron chi connectivity index (χ3n) is 2.00. The van der Waals surface area contributed by atoms with E-state index in [1.54, 1.807) is 6.08 Å². The first-order valence-electron chi connectivity index (χ1n) is 5.73. The second-order valence-corrected chi connectivity index (χ2v) is 3.86. The lowest BCUT2D eigenvalue weighted by Crippen LogP contribution is -2.17. The summed E-state index contributed by atoms with van der Waals surface area (Å²) in [6.45, 7) is 3.17. The first kappa shape index (κ1) is 16.2. The number of hydrogen-bond acceptors (Lipinski definition) is 5. The van der Waals surface area contributed by atoms with Crippen LogP contribution in [-0.2, 0) is 4.74 Å². The largest absolute Gasteiger partial charge is 0.492 e. The first-order chi connectivity index (χ1) is 8.51. The van der Waals surface area contributed by atoms with Crippen molar-refractivity contribution in [3.05, 3.63) is 46.0 Å². The molecule has 0 rings (SSSR count). The Balaban J connectivity index is 4.71. The Morgan fingerprint density at radius 2 is 2.17 bits per heavy atom. The van der Waals surface area contributed by atoms with Crippen molar-refractivity contribution in [2.75, 3.05) is 27.2 Å². The van der Waals surface area contributed by atoms with Gasteiger partial charge in [-0.05, 0) is 26.6 Å². The molecule has 0 aromatic carbocycles. The lowest BCUT2D eigenvalue weighted by atomic mass is 10.3. The molecule has 2 N–H and O–H groups in total. The molecule has 102 valence electrons.